The van der Waals surface area contributed by atoms with Crippen LogP contribution in [0.5, 0.6) is 0 Å². The molecule has 30 heavy (non-hydrogen) atoms. The number of thiophene rings is 1. The fourth-order valence-corrected chi connectivity index (χ4v) is 4.81. The highest BCUT2D eigenvalue weighted by Gasteiger charge is 2.22. The number of pyridine rings is 1. The van der Waals surface area contributed by atoms with Crippen molar-refractivity contribution < 1.29 is 0 Å². The Morgan fingerprint density at radius 3 is 2.60 bits per heavy atom. The van der Waals surface area contributed by atoms with E-state index in [4.69, 9.17) is 9.97 Å². The van der Waals surface area contributed by atoms with Crippen molar-refractivity contribution in [3.05, 3.63) is 71.4 Å². The molecule has 0 unspecified atom stereocenters. The Labute approximate surface area is 181 Å². The van der Waals surface area contributed by atoms with Gasteiger partial charge in [0.25, 0.3) is 0 Å². The van der Waals surface area contributed by atoms with Gasteiger partial charge in [-0.05, 0) is 60.2 Å². The van der Waals surface area contributed by atoms with Crippen LogP contribution in [0.3, 0.4) is 0 Å². The fraction of sp³-hybridized carbons (Fsp3) is 0.320. The summed E-state index contributed by atoms with van der Waals surface area (Å²) in [7, 11) is 0. The molecule has 3 aromatic heterocycles. The van der Waals surface area contributed by atoms with Crippen molar-refractivity contribution in [3.63, 3.8) is 0 Å². The first-order valence-electron chi connectivity index (χ1n) is 10.8. The van der Waals surface area contributed by atoms with E-state index in [9.17, 15) is 0 Å². The van der Waals surface area contributed by atoms with E-state index >= 15 is 0 Å². The molecule has 0 amide bonds. The van der Waals surface area contributed by atoms with Crippen molar-refractivity contribution in [2.24, 2.45) is 5.92 Å². The number of aryl methyl sites for hydroxylation is 2. The second-order valence-corrected chi connectivity index (χ2v) is 8.95. The van der Waals surface area contributed by atoms with Crippen LogP contribution in [0, 0.1) is 5.92 Å². The first kappa shape index (κ1) is 19.2. The molecule has 1 aliphatic carbocycles. The predicted molar refractivity (Wildman–Crippen MR) is 125 cm³/mol. The number of hydrogen-bond donors (Lipinski definition) is 1. The number of fused-ring (bicyclic) bond motifs is 1. The first-order chi connectivity index (χ1) is 14.9. The van der Waals surface area contributed by atoms with Gasteiger partial charge in [0.2, 0.25) is 0 Å². The standard InChI is InChI=1S/C25H26N4S/c1-2-5-18(6-3-1)7-4-14-27-25-23-22(21(17-30-23)11-10-19-8-9-19)28-24(29-25)20-12-15-26-16-13-20/h1-3,5-6,12-13,15-17,19H,4,7-11,14H2,(H,27,28,29). The highest BCUT2D eigenvalue weighted by atomic mass is 32.1. The average molecular weight is 415 g/mol. The van der Waals surface area contributed by atoms with Gasteiger partial charge < -0.3 is 5.32 Å². The number of nitrogens with zero attached hydrogens (tertiary/aromatic N) is 3. The Balaban J connectivity index is 1.38. The summed E-state index contributed by atoms with van der Waals surface area (Å²) in [4.78, 5) is 14.0. The third kappa shape index (κ3) is 4.51. The minimum Gasteiger partial charge on any atom is -0.369 e. The van der Waals surface area contributed by atoms with Crippen LogP contribution in [0.1, 0.15) is 36.8 Å². The van der Waals surface area contributed by atoms with Crippen molar-refractivity contribution in [1.29, 1.82) is 0 Å². The molecule has 0 bridgehead atoms. The van der Waals surface area contributed by atoms with Crippen molar-refractivity contribution >= 4 is 27.4 Å². The van der Waals surface area contributed by atoms with Crippen molar-refractivity contribution in [2.75, 3.05) is 11.9 Å². The van der Waals surface area contributed by atoms with E-state index in [-0.39, 0.29) is 0 Å². The summed E-state index contributed by atoms with van der Waals surface area (Å²) in [5.41, 5.74) is 4.88. The summed E-state index contributed by atoms with van der Waals surface area (Å²) in [6, 6.07) is 14.6. The van der Waals surface area contributed by atoms with Gasteiger partial charge in [-0.15, -0.1) is 11.3 Å². The van der Waals surface area contributed by atoms with E-state index in [1.165, 1.54) is 35.1 Å². The van der Waals surface area contributed by atoms with Gasteiger partial charge in [-0.1, -0.05) is 43.2 Å². The number of nitrogens with one attached hydrogen (secondary N) is 1. The molecule has 5 heteroatoms. The Hall–Kier alpha value is -2.79. The van der Waals surface area contributed by atoms with Crippen LogP contribution in [0.25, 0.3) is 21.6 Å². The molecule has 1 fully saturated rings. The molecule has 1 aromatic carbocycles. The maximum absolute atomic E-state index is 4.97. The van der Waals surface area contributed by atoms with Crippen molar-refractivity contribution in [2.45, 2.75) is 38.5 Å². The van der Waals surface area contributed by atoms with Gasteiger partial charge in [0, 0.05) is 24.5 Å². The molecular weight excluding hydrogens is 388 g/mol. The molecule has 1 saturated carbocycles. The van der Waals surface area contributed by atoms with E-state index in [0.29, 0.717) is 0 Å². The highest BCUT2D eigenvalue weighted by molar-refractivity contribution is 7.18. The van der Waals surface area contributed by atoms with Gasteiger partial charge in [-0.25, -0.2) is 9.97 Å². The second-order valence-electron chi connectivity index (χ2n) is 8.07. The number of aromatic nitrogens is 3. The molecule has 0 radical (unpaired) electrons. The lowest BCUT2D eigenvalue weighted by atomic mass is 10.1. The van der Waals surface area contributed by atoms with Crippen LogP contribution < -0.4 is 5.32 Å². The lowest BCUT2D eigenvalue weighted by Gasteiger charge is -2.10. The van der Waals surface area contributed by atoms with Crippen LogP contribution in [0.15, 0.2) is 60.2 Å². The van der Waals surface area contributed by atoms with Crippen LogP contribution in [0.4, 0.5) is 5.82 Å². The van der Waals surface area contributed by atoms with E-state index in [1.807, 2.05) is 12.1 Å². The van der Waals surface area contributed by atoms with Crippen LogP contribution in [-0.2, 0) is 12.8 Å². The smallest absolute Gasteiger partial charge is 0.162 e. The van der Waals surface area contributed by atoms with E-state index in [0.717, 1.165) is 54.4 Å². The molecule has 4 aromatic rings. The van der Waals surface area contributed by atoms with E-state index in [2.05, 4.69) is 46.0 Å². The molecule has 0 aliphatic heterocycles. The summed E-state index contributed by atoms with van der Waals surface area (Å²) < 4.78 is 1.18. The Morgan fingerprint density at radius 2 is 1.80 bits per heavy atom. The van der Waals surface area contributed by atoms with Gasteiger partial charge in [-0.2, -0.15) is 0 Å². The first-order valence-corrected chi connectivity index (χ1v) is 11.7. The monoisotopic (exact) mass is 414 g/mol. The lowest BCUT2D eigenvalue weighted by molar-refractivity contribution is 0.730. The van der Waals surface area contributed by atoms with E-state index in [1.54, 1.807) is 23.7 Å². The molecule has 0 atom stereocenters. The Bertz CT molecular complexity index is 1100. The molecule has 0 spiro atoms. The van der Waals surface area contributed by atoms with Gasteiger partial charge in [0.1, 0.15) is 5.82 Å². The zero-order valence-corrected chi connectivity index (χ0v) is 17.9. The summed E-state index contributed by atoms with van der Waals surface area (Å²) in [6.45, 7) is 0.895. The largest absolute Gasteiger partial charge is 0.369 e. The lowest BCUT2D eigenvalue weighted by Crippen LogP contribution is -2.06. The van der Waals surface area contributed by atoms with E-state index < -0.39 is 0 Å². The predicted octanol–water partition coefficient (Wildman–Crippen LogP) is 6.14. The topological polar surface area (TPSA) is 50.7 Å². The van der Waals surface area contributed by atoms with Crippen molar-refractivity contribution in [3.8, 4) is 11.4 Å². The average Bonchev–Trinajstić information content (AvgIpc) is 3.54. The summed E-state index contributed by atoms with van der Waals surface area (Å²) in [5, 5.41) is 5.89. The van der Waals surface area contributed by atoms with Crippen LogP contribution in [-0.4, -0.2) is 21.5 Å². The highest BCUT2D eigenvalue weighted by Crippen LogP contribution is 2.37. The fourth-order valence-electron chi connectivity index (χ4n) is 3.80. The van der Waals surface area contributed by atoms with Gasteiger partial charge in [0.15, 0.2) is 5.82 Å². The Kier molecular flexibility index (Phi) is 5.71. The SMILES string of the molecule is c1ccc(CCCNc2nc(-c3ccncc3)nc3c(CCC4CC4)csc23)cc1. The normalized spacial score (nSPS) is 13.6. The number of benzene rings is 1. The van der Waals surface area contributed by atoms with Crippen LogP contribution in [0.2, 0.25) is 0 Å². The third-order valence-corrected chi connectivity index (χ3v) is 6.75. The quantitative estimate of drug-likeness (QED) is 0.334. The molecule has 3 heterocycles. The summed E-state index contributed by atoms with van der Waals surface area (Å²) in [6.07, 6.45) is 10.9. The van der Waals surface area contributed by atoms with Gasteiger partial charge in [-0.3, -0.25) is 4.98 Å². The maximum atomic E-state index is 4.97. The maximum Gasteiger partial charge on any atom is 0.162 e. The second kappa shape index (κ2) is 8.92. The summed E-state index contributed by atoms with van der Waals surface area (Å²) >= 11 is 1.77. The minimum atomic E-state index is 0.779. The zero-order valence-electron chi connectivity index (χ0n) is 17.1. The number of hydrogen-bond acceptors (Lipinski definition) is 5. The van der Waals surface area contributed by atoms with Gasteiger partial charge >= 0.3 is 0 Å². The molecule has 4 nitrogen and oxygen atoms in total. The molecule has 0 saturated heterocycles. The number of anilines is 1. The zero-order chi connectivity index (χ0) is 20.2. The molecular formula is C25H26N4S. The number of rotatable bonds is 9. The summed E-state index contributed by atoms with van der Waals surface area (Å²) in [5.74, 6) is 2.67. The van der Waals surface area contributed by atoms with Crippen molar-refractivity contribution in [1.82, 2.24) is 15.0 Å². The third-order valence-electron chi connectivity index (χ3n) is 5.72. The Morgan fingerprint density at radius 1 is 0.967 bits per heavy atom. The molecule has 152 valence electrons. The molecule has 1 N–H and O–H groups in total. The molecule has 1 aliphatic rings. The van der Waals surface area contributed by atoms with Crippen LogP contribution >= 0.6 is 11.3 Å². The van der Waals surface area contributed by atoms with Gasteiger partial charge in [0.05, 0.1) is 10.2 Å². The molecule has 5 rings (SSSR count). The minimum absolute atomic E-state index is 0.779.